The summed E-state index contributed by atoms with van der Waals surface area (Å²) in [7, 11) is 1.62. The molecule has 5 nitrogen and oxygen atoms in total. The maximum Gasteiger partial charge on any atom is 0.270 e. The van der Waals surface area contributed by atoms with Gasteiger partial charge in [0.15, 0.2) is 0 Å². The van der Waals surface area contributed by atoms with Gasteiger partial charge in [-0.2, -0.15) is 0 Å². The van der Waals surface area contributed by atoms with Crippen molar-refractivity contribution >= 4 is 17.2 Å². The Morgan fingerprint density at radius 3 is 2.64 bits per heavy atom. The highest BCUT2D eigenvalue weighted by Gasteiger charge is 2.12. The van der Waals surface area contributed by atoms with Crippen molar-refractivity contribution < 1.29 is 14.3 Å². The molecule has 0 saturated heterocycles. The summed E-state index contributed by atoms with van der Waals surface area (Å²) in [6.45, 7) is 4.34. The van der Waals surface area contributed by atoms with E-state index >= 15 is 0 Å². The van der Waals surface area contributed by atoms with Gasteiger partial charge in [0, 0.05) is 11.4 Å². The first kappa shape index (κ1) is 16.3. The minimum atomic E-state index is -0.138. The molecule has 1 atom stereocenters. The second-order valence-electron chi connectivity index (χ2n) is 4.87. The van der Waals surface area contributed by atoms with E-state index < -0.39 is 0 Å². The SMILES string of the molecule is CC[C@H](C)NC(=O)c1csc(COc2ccc(OC)cc2)n1. The Kier molecular flexibility index (Phi) is 5.77. The van der Waals surface area contributed by atoms with Crippen molar-refractivity contribution in [2.45, 2.75) is 32.9 Å². The number of nitrogens with zero attached hydrogens (tertiary/aromatic N) is 1. The zero-order valence-corrected chi connectivity index (χ0v) is 13.8. The Labute approximate surface area is 134 Å². The molecule has 0 aliphatic heterocycles. The molecule has 2 rings (SSSR count). The van der Waals surface area contributed by atoms with Crippen LogP contribution in [0.25, 0.3) is 0 Å². The maximum absolute atomic E-state index is 12.0. The van der Waals surface area contributed by atoms with Gasteiger partial charge in [0.05, 0.1) is 7.11 Å². The number of methoxy groups -OCH3 is 1. The molecule has 0 radical (unpaired) electrons. The zero-order chi connectivity index (χ0) is 15.9. The van der Waals surface area contributed by atoms with Crippen molar-refractivity contribution in [3.05, 3.63) is 40.3 Å². The van der Waals surface area contributed by atoms with Crippen molar-refractivity contribution in [3.8, 4) is 11.5 Å². The molecule has 2 aromatic rings. The van der Waals surface area contributed by atoms with Crippen LogP contribution < -0.4 is 14.8 Å². The Balaban J connectivity index is 1.90. The largest absolute Gasteiger partial charge is 0.497 e. The number of carbonyl (C=O) groups is 1. The highest BCUT2D eigenvalue weighted by Crippen LogP contribution is 2.19. The fraction of sp³-hybridized carbons (Fsp3) is 0.375. The third kappa shape index (κ3) is 4.46. The minimum absolute atomic E-state index is 0.138. The zero-order valence-electron chi connectivity index (χ0n) is 13.0. The molecule has 0 spiro atoms. The molecule has 118 valence electrons. The van der Waals surface area contributed by atoms with Crippen LogP contribution in [0.15, 0.2) is 29.6 Å². The van der Waals surface area contributed by atoms with Gasteiger partial charge in [-0.25, -0.2) is 4.98 Å². The lowest BCUT2D eigenvalue weighted by Gasteiger charge is -2.09. The van der Waals surface area contributed by atoms with E-state index in [9.17, 15) is 4.79 Å². The molecule has 1 amide bonds. The van der Waals surface area contributed by atoms with Gasteiger partial charge in [-0.05, 0) is 37.6 Å². The molecule has 6 heteroatoms. The third-order valence-corrected chi connectivity index (χ3v) is 4.02. The number of ether oxygens (including phenoxy) is 2. The molecule has 1 aromatic heterocycles. The lowest BCUT2D eigenvalue weighted by molar-refractivity contribution is 0.0934. The number of nitrogens with one attached hydrogen (secondary N) is 1. The number of thiazole rings is 1. The standard InChI is InChI=1S/C16H20N2O3S/c1-4-11(2)17-16(19)14-10-22-15(18-14)9-21-13-7-5-12(20-3)6-8-13/h5-8,10-11H,4,9H2,1-3H3,(H,17,19)/t11-/m0/s1. The summed E-state index contributed by atoms with van der Waals surface area (Å²) in [5.74, 6) is 1.38. The monoisotopic (exact) mass is 320 g/mol. The highest BCUT2D eigenvalue weighted by molar-refractivity contribution is 7.09. The van der Waals surface area contributed by atoms with Gasteiger partial charge in [0.25, 0.3) is 5.91 Å². The third-order valence-electron chi connectivity index (χ3n) is 3.20. The molecule has 1 heterocycles. The van der Waals surface area contributed by atoms with Gasteiger partial charge in [-0.1, -0.05) is 6.92 Å². The predicted octanol–water partition coefficient (Wildman–Crippen LogP) is 3.26. The first-order valence-corrected chi connectivity index (χ1v) is 8.02. The van der Waals surface area contributed by atoms with E-state index in [1.165, 1.54) is 11.3 Å². The lowest BCUT2D eigenvalue weighted by atomic mass is 10.2. The van der Waals surface area contributed by atoms with Gasteiger partial charge in [0.2, 0.25) is 0 Å². The number of carbonyl (C=O) groups excluding carboxylic acids is 1. The molecule has 0 aliphatic rings. The summed E-state index contributed by atoms with van der Waals surface area (Å²) in [4.78, 5) is 16.3. The van der Waals surface area contributed by atoms with Gasteiger partial charge >= 0.3 is 0 Å². The van der Waals surface area contributed by atoms with E-state index in [0.29, 0.717) is 12.3 Å². The summed E-state index contributed by atoms with van der Waals surface area (Å²) >= 11 is 1.42. The van der Waals surface area contributed by atoms with Crippen LogP contribution in [0.4, 0.5) is 0 Å². The molecule has 0 fully saturated rings. The van der Waals surface area contributed by atoms with Gasteiger partial charge in [-0.3, -0.25) is 4.79 Å². The van der Waals surface area contributed by atoms with Gasteiger partial charge < -0.3 is 14.8 Å². The van der Waals surface area contributed by atoms with Gasteiger partial charge in [-0.15, -0.1) is 11.3 Å². The van der Waals surface area contributed by atoms with Crippen LogP contribution in [-0.2, 0) is 6.61 Å². The number of hydrogen-bond donors (Lipinski definition) is 1. The molecule has 1 N–H and O–H groups in total. The summed E-state index contributed by atoms with van der Waals surface area (Å²) in [6, 6.07) is 7.49. The van der Waals surface area contributed by atoms with Crippen molar-refractivity contribution in [1.29, 1.82) is 0 Å². The van der Waals surface area contributed by atoms with Crippen LogP contribution in [0.2, 0.25) is 0 Å². The summed E-state index contributed by atoms with van der Waals surface area (Å²) < 4.78 is 10.7. The number of aromatic nitrogens is 1. The van der Waals surface area contributed by atoms with E-state index in [2.05, 4.69) is 10.3 Å². The first-order valence-electron chi connectivity index (χ1n) is 7.14. The Morgan fingerprint density at radius 2 is 2.00 bits per heavy atom. The molecule has 0 unspecified atom stereocenters. The van der Waals surface area contributed by atoms with Gasteiger partial charge in [0.1, 0.15) is 28.8 Å². The average molecular weight is 320 g/mol. The van der Waals surface area contributed by atoms with Crippen LogP contribution in [-0.4, -0.2) is 24.0 Å². The molecule has 0 bridgehead atoms. The van der Waals surface area contributed by atoms with Crippen LogP contribution in [0.5, 0.6) is 11.5 Å². The highest BCUT2D eigenvalue weighted by atomic mass is 32.1. The van der Waals surface area contributed by atoms with E-state index in [4.69, 9.17) is 9.47 Å². The van der Waals surface area contributed by atoms with E-state index in [1.54, 1.807) is 12.5 Å². The van der Waals surface area contributed by atoms with Crippen LogP contribution in [0.1, 0.15) is 35.8 Å². The smallest absolute Gasteiger partial charge is 0.270 e. The lowest BCUT2D eigenvalue weighted by Crippen LogP contribution is -2.32. The summed E-state index contributed by atoms with van der Waals surface area (Å²) in [5, 5.41) is 5.42. The maximum atomic E-state index is 12.0. The van der Waals surface area contributed by atoms with Crippen molar-refractivity contribution in [3.63, 3.8) is 0 Å². The van der Waals surface area contributed by atoms with E-state index in [-0.39, 0.29) is 11.9 Å². The molecular weight excluding hydrogens is 300 g/mol. The summed E-state index contributed by atoms with van der Waals surface area (Å²) in [5.41, 5.74) is 0.443. The molecule has 0 aliphatic carbocycles. The van der Waals surface area contributed by atoms with Crippen molar-refractivity contribution in [2.24, 2.45) is 0 Å². The van der Waals surface area contributed by atoms with Crippen LogP contribution in [0, 0.1) is 0 Å². The fourth-order valence-corrected chi connectivity index (χ4v) is 2.38. The van der Waals surface area contributed by atoms with Crippen molar-refractivity contribution in [1.82, 2.24) is 10.3 Å². The Bertz CT molecular complexity index is 610. The average Bonchev–Trinajstić information content (AvgIpc) is 3.02. The second kappa shape index (κ2) is 7.79. The molecular formula is C16H20N2O3S. The van der Waals surface area contributed by atoms with Crippen LogP contribution >= 0.6 is 11.3 Å². The minimum Gasteiger partial charge on any atom is -0.497 e. The Hall–Kier alpha value is -2.08. The number of rotatable bonds is 7. The second-order valence-corrected chi connectivity index (χ2v) is 5.82. The number of amides is 1. The molecule has 1 aromatic carbocycles. The molecule has 0 saturated carbocycles. The Morgan fingerprint density at radius 1 is 1.32 bits per heavy atom. The number of benzene rings is 1. The molecule has 22 heavy (non-hydrogen) atoms. The van der Waals surface area contributed by atoms with E-state index in [0.717, 1.165) is 22.9 Å². The summed E-state index contributed by atoms with van der Waals surface area (Å²) in [6.07, 6.45) is 0.892. The predicted molar refractivity (Wildman–Crippen MR) is 86.7 cm³/mol. The van der Waals surface area contributed by atoms with Crippen LogP contribution in [0.3, 0.4) is 0 Å². The fourth-order valence-electron chi connectivity index (χ4n) is 1.70. The first-order chi connectivity index (χ1) is 10.6. The topological polar surface area (TPSA) is 60.5 Å². The quantitative estimate of drug-likeness (QED) is 0.850. The van der Waals surface area contributed by atoms with Crippen molar-refractivity contribution in [2.75, 3.05) is 7.11 Å². The number of hydrogen-bond acceptors (Lipinski definition) is 5. The van der Waals surface area contributed by atoms with E-state index in [1.807, 2.05) is 38.1 Å². The normalized spacial score (nSPS) is 11.8.